The fourth-order valence-electron chi connectivity index (χ4n) is 4.78. The molecule has 7 heteroatoms. The quantitative estimate of drug-likeness (QED) is 0.349. The van der Waals surface area contributed by atoms with E-state index < -0.39 is 47.0 Å². The Morgan fingerprint density at radius 2 is 2.10 bits per heavy atom. The molecule has 1 aromatic carbocycles. The highest BCUT2D eigenvalue weighted by molar-refractivity contribution is 6.22. The molecule has 0 saturated heterocycles. The number of hydrogen-bond acceptors (Lipinski definition) is 7. The van der Waals surface area contributed by atoms with Crippen LogP contribution in [0.3, 0.4) is 0 Å². The van der Waals surface area contributed by atoms with Crippen molar-refractivity contribution in [2.24, 2.45) is 22.7 Å². The number of fused-ring (bicyclic) bond motifs is 1. The highest BCUT2D eigenvalue weighted by Gasteiger charge is 2.73. The summed E-state index contributed by atoms with van der Waals surface area (Å²) >= 11 is 0. The van der Waals surface area contributed by atoms with Gasteiger partial charge in [-0.2, -0.15) is 0 Å². The zero-order valence-corrected chi connectivity index (χ0v) is 16.7. The molecule has 0 radical (unpaired) electrons. The van der Waals surface area contributed by atoms with E-state index in [0.717, 1.165) is 0 Å². The van der Waals surface area contributed by atoms with E-state index in [0.29, 0.717) is 5.56 Å². The number of esters is 2. The van der Waals surface area contributed by atoms with Crippen molar-refractivity contribution in [3.8, 4) is 5.75 Å². The zero-order chi connectivity index (χ0) is 21.6. The van der Waals surface area contributed by atoms with Gasteiger partial charge in [0.2, 0.25) is 0 Å². The van der Waals surface area contributed by atoms with Crippen LogP contribution in [0.4, 0.5) is 0 Å². The van der Waals surface area contributed by atoms with Crippen LogP contribution in [0.5, 0.6) is 5.75 Å². The Morgan fingerprint density at radius 1 is 1.41 bits per heavy atom. The average Bonchev–Trinajstić information content (AvgIpc) is 2.89. The standard InChI is InChI=1S/C22H24O7/c1-5-21(4)9-15(25)18(14(10-23)11-28-13(3)24)22(21)19(26)17-12(2)7-6-8-16(17)29-20(22)27/h5-8,14,18,23H,1,9-11H2,2-4H3. The van der Waals surface area contributed by atoms with Crippen LogP contribution in [0.1, 0.15) is 36.2 Å². The number of ether oxygens (including phenoxy) is 2. The number of ketones is 2. The fraction of sp³-hybridized carbons (Fsp3) is 0.455. The average molecular weight is 400 g/mol. The number of carbonyl (C=O) groups is 4. The lowest BCUT2D eigenvalue weighted by molar-refractivity contribution is -0.156. The number of aliphatic hydroxyl groups excluding tert-OH is 1. The molecule has 2 aliphatic rings. The molecule has 1 saturated carbocycles. The molecule has 1 heterocycles. The van der Waals surface area contributed by atoms with Gasteiger partial charge in [-0.15, -0.1) is 6.58 Å². The van der Waals surface area contributed by atoms with Crippen LogP contribution < -0.4 is 4.74 Å². The minimum atomic E-state index is -1.89. The number of allylic oxidation sites excluding steroid dienone is 1. The predicted molar refractivity (Wildman–Crippen MR) is 102 cm³/mol. The molecule has 154 valence electrons. The first kappa shape index (κ1) is 20.9. The molecule has 7 nitrogen and oxygen atoms in total. The van der Waals surface area contributed by atoms with E-state index >= 15 is 0 Å². The number of aliphatic hydroxyl groups is 1. The van der Waals surface area contributed by atoms with Crippen molar-refractivity contribution in [2.75, 3.05) is 13.2 Å². The highest BCUT2D eigenvalue weighted by atomic mass is 16.5. The number of carbonyl (C=O) groups excluding carboxylic acids is 4. The lowest BCUT2D eigenvalue weighted by Crippen LogP contribution is -2.58. The predicted octanol–water partition coefficient (Wildman–Crippen LogP) is 2.04. The van der Waals surface area contributed by atoms with Gasteiger partial charge in [0.05, 0.1) is 18.1 Å². The summed E-state index contributed by atoms with van der Waals surface area (Å²) in [6.45, 7) is 7.50. The molecule has 1 N–H and O–H groups in total. The van der Waals surface area contributed by atoms with Gasteiger partial charge in [0.15, 0.2) is 11.2 Å². The number of hydrogen-bond donors (Lipinski definition) is 1. The monoisotopic (exact) mass is 400 g/mol. The number of aryl methyl sites for hydroxylation is 1. The van der Waals surface area contributed by atoms with E-state index in [2.05, 4.69) is 6.58 Å². The Kier molecular flexibility index (Phi) is 5.21. The van der Waals surface area contributed by atoms with Crippen LogP contribution in [-0.4, -0.2) is 41.8 Å². The summed E-state index contributed by atoms with van der Waals surface area (Å²) in [4.78, 5) is 51.6. The molecule has 4 atom stereocenters. The van der Waals surface area contributed by atoms with Crippen molar-refractivity contribution in [1.82, 2.24) is 0 Å². The third-order valence-electron chi connectivity index (χ3n) is 6.26. The summed E-state index contributed by atoms with van der Waals surface area (Å²) in [5, 5.41) is 9.96. The first-order valence-electron chi connectivity index (χ1n) is 9.41. The summed E-state index contributed by atoms with van der Waals surface area (Å²) < 4.78 is 10.6. The van der Waals surface area contributed by atoms with Crippen LogP contribution in [0, 0.1) is 29.6 Å². The number of benzene rings is 1. The van der Waals surface area contributed by atoms with Crippen molar-refractivity contribution >= 4 is 23.5 Å². The topological polar surface area (TPSA) is 107 Å². The molecular formula is C22H24O7. The molecule has 1 spiro atoms. The van der Waals surface area contributed by atoms with Crippen LogP contribution >= 0.6 is 0 Å². The second-order valence-corrected chi connectivity index (χ2v) is 7.96. The third kappa shape index (κ3) is 2.83. The molecule has 0 bridgehead atoms. The van der Waals surface area contributed by atoms with Gasteiger partial charge in [-0.1, -0.05) is 25.1 Å². The smallest absolute Gasteiger partial charge is 0.327 e. The van der Waals surface area contributed by atoms with Crippen molar-refractivity contribution in [3.63, 3.8) is 0 Å². The van der Waals surface area contributed by atoms with Gasteiger partial charge >= 0.3 is 11.9 Å². The van der Waals surface area contributed by atoms with Crippen LogP contribution in [-0.2, 0) is 19.1 Å². The maximum atomic E-state index is 13.9. The molecule has 1 fully saturated rings. The van der Waals surface area contributed by atoms with Crippen LogP contribution in [0.15, 0.2) is 30.9 Å². The van der Waals surface area contributed by atoms with Gasteiger partial charge in [0.1, 0.15) is 11.5 Å². The molecule has 0 aromatic heterocycles. The maximum absolute atomic E-state index is 13.9. The van der Waals surface area contributed by atoms with E-state index in [4.69, 9.17) is 9.47 Å². The lowest BCUT2D eigenvalue weighted by Gasteiger charge is -2.45. The molecule has 1 aliphatic heterocycles. The van der Waals surface area contributed by atoms with E-state index in [9.17, 15) is 24.3 Å². The number of rotatable bonds is 5. The summed E-state index contributed by atoms with van der Waals surface area (Å²) in [5.41, 5.74) is -2.25. The van der Waals surface area contributed by atoms with Crippen molar-refractivity contribution < 1.29 is 33.8 Å². The van der Waals surface area contributed by atoms with Crippen LogP contribution in [0.2, 0.25) is 0 Å². The van der Waals surface area contributed by atoms with Crippen molar-refractivity contribution in [1.29, 1.82) is 0 Å². The van der Waals surface area contributed by atoms with Crippen molar-refractivity contribution in [3.05, 3.63) is 42.0 Å². The summed E-state index contributed by atoms with van der Waals surface area (Å²) in [6, 6.07) is 4.93. The summed E-state index contributed by atoms with van der Waals surface area (Å²) in [6.07, 6.45) is 1.33. The molecule has 29 heavy (non-hydrogen) atoms. The van der Waals surface area contributed by atoms with Crippen LogP contribution in [0.25, 0.3) is 0 Å². The Morgan fingerprint density at radius 3 is 2.69 bits per heavy atom. The van der Waals surface area contributed by atoms with Gasteiger partial charge in [-0.3, -0.25) is 19.2 Å². The summed E-state index contributed by atoms with van der Waals surface area (Å²) in [7, 11) is 0. The van der Waals surface area contributed by atoms with E-state index in [1.807, 2.05) is 0 Å². The second kappa shape index (κ2) is 7.22. The lowest BCUT2D eigenvalue weighted by atomic mass is 9.56. The first-order valence-corrected chi connectivity index (χ1v) is 9.41. The van der Waals surface area contributed by atoms with Gasteiger partial charge in [-0.05, 0) is 18.6 Å². The molecule has 1 aliphatic carbocycles. The minimum Gasteiger partial charge on any atom is -0.465 e. The minimum absolute atomic E-state index is 0.111. The van der Waals surface area contributed by atoms with E-state index in [1.54, 1.807) is 26.0 Å². The second-order valence-electron chi connectivity index (χ2n) is 7.96. The Hall–Kier alpha value is -2.80. The SMILES string of the molecule is C=CC1(C)CC(=O)C(C(CO)COC(C)=O)C12C(=O)Oc1cccc(C)c1C2=O. The first-order chi connectivity index (χ1) is 13.6. The normalized spacial score (nSPS) is 29.4. The van der Waals surface area contributed by atoms with Gasteiger partial charge in [0.25, 0.3) is 0 Å². The highest BCUT2D eigenvalue weighted by Crippen LogP contribution is 2.61. The van der Waals surface area contributed by atoms with E-state index in [-0.39, 0.29) is 30.1 Å². The van der Waals surface area contributed by atoms with Crippen molar-refractivity contribution in [2.45, 2.75) is 27.2 Å². The molecule has 0 amide bonds. The molecule has 1 aromatic rings. The molecular weight excluding hydrogens is 376 g/mol. The molecule has 3 rings (SSSR count). The molecule has 4 unspecified atom stereocenters. The summed E-state index contributed by atoms with van der Waals surface area (Å²) in [5.74, 6) is -4.33. The Balaban J connectivity index is 2.25. The maximum Gasteiger partial charge on any atom is 0.327 e. The van der Waals surface area contributed by atoms with E-state index in [1.165, 1.54) is 19.1 Å². The Labute approximate surface area is 168 Å². The largest absolute Gasteiger partial charge is 0.465 e. The van der Waals surface area contributed by atoms with Gasteiger partial charge in [0, 0.05) is 31.3 Å². The zero-order valence-electron chi connectivity index (χ0n) is 16.7. The Bertz CT molecular complexity index is 918. The number of Topliss-reactive ketones (excluding diaryl/α,β-unsaturated/α-hetero) is 2. The fourth-order valence-corrected chi connectivity index (χ4v) is 4.78. The van der Waals surface area contributed by atoms with Gasteiger partial charge in [-0.25, -0.2) is 0 Å². The van der Waals surface area contributed by atoms with Gasteiger partial charge < -0.3 is 14.6 Å². The third-order valence-corrected chi connectivity index (χ3v) is 6.26.